The summed E-state index contributed by atoms with van der Waals surface area (Å²) in [7, 11) is 0. The maximum atomic E-state index is 10.7. The number of nitrogens with zero attached hydrogens (tertiary/aromatic N) is 1. The maximum Gasteiger partial charge on any atom is 0.272 e. The summed E-state index contributed by atoms with van der Waals surface area (Å²) in [6, 6.07) is 2.57. The van der Waals surface area contributed by atoms with E-state index in [1.54, 1.807) is 0 Å². The average Bonchev–Trinajstić information content (AvgIpc) is 2.97. The van der Waals surface area contributed by atoms with Crippen molar-refractivity contribution < 1.29 is 14.4 Å². The molecule has 1 aliphatic heterocycles. The van der Waals surface area contributed by atoms with Gasteiger partial charge in [-0.15, -0.1) is 0 Å². The van der Waals surface area contributed by atoms with Crippen molar-refractivity contribution in [2.75, 3.05) is 38.3 Å². The molecule has 1 saturated heterocycles. The van der Waals surface area contributed by atoms with Gasteiger partial charge in [0.1, 0.15) is 0 Å². The van der Waals surface area contributed by atoms with Crippen molar-refractivity contribution in [3.8, 4) is 0 Å². The lowest BCUT2D eigenvalue weighted by molar-refractivity contribution is -0.384. The molecule has 0 aromatic heterocycles. The van der Waals surface area contributed by atoms with E-state index in [4.69, 9.17) is 32.7 Å². The SMILES string of the molecule is O=[N+]([O-])c1cc(Cl)c(NCCCOC[C@H]2CCOC2)c(Cl)c1. The first-order valence-electron chi connectivity index (χ1n) is 7.10. The molecule has 0 unspecified atom stereocenters. The van der Waals surface area contributed by atoms with E-state index in [2.05, 4.69) is 5.32 Å². The fourth-order valence-electron chi connectivity index (χ4n) is 2.19. The van der Waals surface area contributed by atoms with Crippen LogP contribution in [0.5, 0.6) is 0 Å². The fraction of sp³-hybridized carbons (Fsp3) is 0.571. The van der Waals surface area contributed by atoms with E-state index in [-0.39, 0.29) is 15.7 Å². The smallest absolute Gasteiger partial charge is 0.272 e. The Morgan fingerprint density at radius 1 is 1.41 bits per heavy atom. The molecule has 1 atom stereocenters. The molecule has 8 heteroatoms. The summed E-state index contributed by atoms with van der Waals surface area (Å²) in [4.78, 5) is 10.2. The van der Waals surface area contributed by atoms with Crippen molar-refractivity contribution in [1.82, 2.24) is 0 Å². The summed E-state index contributed by atoms with van der Waals surface area (Å²) < 4.78 is 10.9. The van der Waals surface area contributed by atoms with Gasteiger partial charge in [-0.05, 0) is 12.8 Å². The van der Waals surface area contributed by atoms with Crippen molar-refractivity contribution >= 4 is 34.6 Å². The van der Waals surface area contributed by atoms with E-state index in [1.807, 2.05) is 0 Å². The number of non-ortho nitro benzene ring substituents is 1. The molecule has 0 saturated carbocycles. The third-order valence-electron chi connectivity index (χ3n) is 3.38. The third kappa shape index (κ3) is 4.98. The van der Waals surface area contributed by atoms with Crippen LogP contribution in [0.25, 0.3) is 0 Å². The lowest BCUT2D eigenvalue weighted by Gasteiger charge is -2.11. The lowest BCUT2D eigenvalue weighted by Crippen LogP contribution is -2.12. The molecule has 1 aromatic carbocycles. The topological polar surface area (TPSA) is 73.6 Å². The van der Waals surface area contributed by atoms with Crippen LogP contribution in [0.1, 0.15) is 12.8 Å². The molecule has 1 aromatic rings. The number of ether oxygens (including phenoxy) is 2. The first-order valence-corrected chi connectivity index (χ1v) is 7.86. The number of halogens is 2. The normalized spacial score (nSPS) is 17.6. The van der Waals surface area contributed by atoms with Crippen LogP contribution in [-0.2, 0) is 9.47 Å². The number of nitro benzene ring substituents is 1. The molecular formula is C14H18Cl2N2O4. The Hall–Kier alpha value is -1.08. The predicted molar refractivity (Wildman–Crippen MR) is 86.0 cm³/mol. The van der Waals surface area contributed by atoms with Crippen LogP contribution in [0, 0.1) is 16.0 Å². The summed E-state index contributed by atoms with van der Waals surface area (Å²) in [5.74, 6) is 0.506. The van der Waals surface area contributed by atoms with Crippen molar-refractivity contribution in [3.63, 3.8) is 0 Å². The van der Waals surface area contributed by atoms with Crippen LogP contribution >= 0.6 is 23.2 Å². The minimum atomic E-state index is -0.526. The van der Waals surface area contributed by atoms with Gasteiger partial charge in [0.2, 0.25) is 0 Å². The molecule has 0 radical (unpaired) electrons. The van der Waals surface area contributed by atoms with Crippen LogP contribution in [0.3, 0.4) is 0 Å². The quantitative estimate of drug-likeness (QED) is 0.439. The maximum absolute atomic E-state index is 10.7. The highest BCUT2D eigenvalue weighted by Crippen LogP contribution is 2.34. The number of hydrogen-bond acceptors (Lipinski definition) is 5. The first kappa shape index (κ1) is 17.3. The molecular weight excluding hydrogens is 331 g/mol. The van der Waals surface area contributed by atoms with Crippen molar-refractivity contribution in [2.45, 2.75) is 12.8 Å². The second-order valence-electron chi connectivity index (χ2n) is 5.13. The first-order chi connectivity index (χ1) is 10.6. The van der Waals surface area contributed by atoms with Crippen molar-refractivity contribution in [2.24, 2.45) is 5.92 Å². The van der Waals surface area contributed by atoms with Crippen LogP contribution in [0.4, 0.5) is 11.4 Å². The minimum Gasteiger partial charge on any atom is -0.383 e. The molecule has 1 aliphatic rings. The molecule has 0 amide bonds. The number of hydrogen-bond donors (Lipinski definition) is 1. The molecule has 22 heavy (non-hydrogen) atoms. The molecule has 122 valence electrons. The van der Waals surface area contributed by atoms with Crippen LogP contribution < -0.4 is 5.32 Å². The van der Waals surface area contributed by atoms with E-state index < -0.39 is 4.92 Å². The molecule has 0 spiro atoms. The Kier molecular flexibility index (Phi) is 6.70. The standard InChI is InChI=1S/C14H18Cl2N2O4/c15-12-6-11(18(19)20)7-13(16)14(12)17-3-1-4-21-8-10-2-5-22-9-10/h6-7,10,17H,1-5,8-9H2/t10-/m1/s1. The molecule has 1 N–H and O–H groups in total. The van der Waals surface area contributed by atoms with Crippen LogP contribution in [0.2, 0.25) is 10.0 Å². The number of rotatable bonds is 8. The Balaban J connectivity index is 1.71. The largest absolute Gasteiger partial charge is 0.383 e. The molecule has 6 nitrogen and oxygen atoms in total. The average molecular weight is 349 g/mol. The highest BCUT2D eigenvalue weighted by molar-refractivity contribution is 6.39. The Labute approximate surface area is 138 Å². The van der Waals surface area contributed by atoms with Gasteiger partial charge in [-0.25, -0.2) is 0 Å². The van der Waals surface area contributed by atoms with Gasteiger partial charge < -0.3 is 14.8 Å². The van der Waals surface area contributed by atoms with E-state index in [0.717, 1.165) is 32.7 Å². The van der Waals surface area contributed by atoms with Gasteiger partial charge in [0, 0.05) is 37.8 Å². The molecule has 0 bridgehead atoms. The van der Waals surface area contributed by atoms with Crippen molar-refractivity contribution in [3.05, 3.63) is 32.3 Å². The second-order valence-corrected chi connectivity index (χ2v) is 5.94. The highest BCUT2D eigenvalue weighted by atomic mass is 35.5. The Morgan fingerprint density at radius 2 is 2.14 bits per heavy atom. The monoisotopic (exact) mass is 348 g/mol. The Morgan fingerprint density at radius 3 is 2.73 bits per heavy atom. The third-order valence-corrected chi connectivity index (χ3v) is 3.98. The van der Waals surface area contributed by atoms with Gasteiger partial charge in [-0.2, -0.15) is 0 Å². The lowest BCUT2D eigenvalue weighted by atomic mass is 10.1. The van der Waals surface area contributed by atoms with E-state index in [0.29, 0.717) is 24.8 Å². The summed E-state index contributed by atoms with van der Waals surface area (Å²) in [6.45, 7) is 3.59. The fourth-order valence-corrected chi connectivity index (χ4v) is 2.80. The van der Waals surface area contributed by atoms with E-state index in [9.17, 15) is 10.1 Å². The number of anilines is 1. The molecule has 2 rings (SSSR count). The second kappa shape index (κ2) is 8.53. The van der Waals surface area contributed by atoms with E-state index in [1.165, 1.54) is 12.1 Å². The van der Waals surface area contributed by atoms with Gasteiger partial charge in [0.15, 0.2) is 0 Å². The predicted octanol–water partition coefficient (Wildman–Crippen LogP) is 3.76. The van der Waals surface area contributed by atoms with Gasteiger partial charge in [0.05, 0.1) is 33.9 Å². The van der Waals surface area contributed by atoms with Crippen LogP contribution in [-0.4, -0.2) is 37.9 Å². The number of benzene rings is 1. The summed E-state index contributed by atoms with van der Waals surface area (Å²) >= 11 is 12.0. The van der Waals surface area contributed by atoms with E-state index >= 15 is 0 Å². The number of nitrogens with one attached hydrogen (secondary N) is 1. The van der Waals surface area contributed by atoms with Gasteiger partial charge in [0.25, 0.3) is 5.69 Å². The van der Waals surface area contributed by atoms with Gasteiger partial charge >= 0.3 is 0 Å². The zero-order chi connectivity index (χ0) is 15.9. The van der Waals surface area contributed by atoms with Crippen LogP contribution in [0.15, 0.2) is 12.1 Å². The number of nitro groups is 1. The minimum absolute atomic E-state index is 0.123. The summed E-state index contributed by atoms with van der Waals surface area (Å²) in [5.41, 5.74) is 0.390. The van der Waals surface area contributed by atoms with Gasteiger partial charge in [-0.1, -0.05) is 23.2 Å². The summed E-state index contributed by atoms with van der Waals surface area (Å²) in [6.07, 6.45) is 1.85. The zero-order valence-corrected chi connectivity index (χ0v) is 13.5. The Bertz CT molecular complexity index is 499. The van der Waals surface area contributed by atoms with Gasteiger partial charge in [-0.3, -0.25) is 10.1 Å². The zero-order valence-electron chi connectivity index (χ0n) is 12.0. The summed E-state index contributed by atoms with van der Waals surface area (Å²) in [5, 5.41) is 14.3. The highest BCUT2D eigenvalue weighted by Gasteiger charge is 2.16. The van der Waals surface area contributed by atoms with Crippen molar-refractivity contribution in [1.29, 1.82) is 0 Å². The molecule has 1 fully saturated rings. The molecule has 0 aliphatic carbocycles. The molecule has 1 heterocycles.